The third kappa shape index (κ3) is 8.67. The number of ether oxygens (including phenoxy) is 1. The fourth-order valence-corrected chi connectivity index (χ4v) is 3.99. The fourth-order valence-electron chi connectivity index (χ4n) is 3.04. The highest BCUT2D eigenvalue weighted by Crippen LogP contribution is 2.14. The Labute approximate surface area is 203 Å². The molecule has 1 heterocycles. The number of benzene rings is 1. The second kappa shape index (κ2) is 13.3. The maximum atomic E-state index is 12.3. The van der Waals surface area contributed by atoms with Crippen LogP contribution in [-0.4, -0.2) is 77.6 Å². The molecule has 2 aromatic rings. The average Bonchev–Trinajstić information content (AvgIpc) is 3.30. The summed E-state index contributed by atoms with van der Waals surface area (Å²) in [5, 5.41) is 32.8. The van der Waals surface area contributed by atoms with Gasteiger partial charge in [0, 0.05) is 13.0 Å². The van der Waals surface area contributed by atoms with Gasteiger partial charge in [-0.25, -0.2) is 4.57 Å². The number of nitro groups is 1. The molecule has 2 rings (SSSR count). The van der Waals surface area contributed by atoms with E-state index in [0.717, 1.165) is 5.56 Å². The Kier molecular flexibility index (Phi) is 10.7. The number of carbonyl (C=O) groups is 1. The van der Waals surface area contributed by atoms with Crippen LogP contribution >= 0.6 is 0 Å². The Morgan fingerprint density at radius 2 is 1.89 bits per heavy atom. The molecule has 14 heteroatoms. The first kappa shape index (κ1) is 28.3. The first-order valence-electron chi connectivity index (χ1n) is 10.8. The highest BCUT2D eigenvalue weighted by Gasteiger charge is 2.31. The molecular formula is C21H30N4O9S. The number of hydrogen-bond acceptors (Lipinski definition) is 10. The maximum absolute atomic E-state index is 12.3. The molecule has 0 atom stereocenters. The van der Waals surface area contributed by atoms with Gasteiger partial charge in [-0.3, -0.25) is 8.98 Å². The number of nitrogens with zero attached hydrogens (tertiary/aromatic N) is 3. The molecule has 0 saturated carbocycles. The second-order valence-corrected chi connectivity index (χ2v) is 9.54. The van der Waals surface area contributed by atoms with Crippen molar-refractivity contribution in [1.29, 1.82) is 0 Å². The lowest BCUT2D eigenvalue weighted by atomic mass is 10.0. The quantitative estimate of drug-likeness (QED) is 0.124. The lowest BCUT2D eigenvalue weighted by molar-refractivity contribution is -0.396. The van der Waals surface area contributed by atoms with Gasteiger partial charge >= 0.3 is 5.95 Å². The van der Waals surface area contributed by atoms with Crippen molar-refractivity contribution in [2.45, 2.75) is 43.2 Å². The fraction of sp³-hybridized carbons (Fsp3) is 0.524. The van der Waals surface area contributed by atoms with E-state index in [2.05, 4.69) is 10.3 Å². The summed E-state index contributed by atoms with van der Waals surface area (Å²) in [6.07, 6.45) is 3.20. The minimum Gasteiger partial charge on any atom is -0.394 e. The van der Waals surface area contributed by atoms with Crippen molar-refractivity contribution in [3.63, 3.8) is 0 Å². The molecule has 0 saturated heterocycles. The smallest absolute Gasteiger partial charge is 0.394 e. The van der Waals surface area contributed by atoms with E-state index in [1.54, 1.807) is 12.1 Å². The molecular weight excluding hydrogens is 484 g/mol. The summed E-state index contributed by atoms with van der Waals surface area (Å²) in [4.78, 5) is 26.2. The summed E-state index contributed by atoms with van der Waals surface area (Å²) in [5.41, 5.74) is -0.518. The first-order valence-corrected chi connectivity index (χ1v) is 12.3. The zero-order chi connectivity index (χ0) is 25.9. The summed E-state index contributed by atoms with van der Waals surface area (Å²) in [6.45, 7) is 0.548. The van der Waals surface area contributed by atoms with Gasteiger partial charge in [-0.15, -0.1) is 0 Å². The number of hydrogen-bond donors (Lipinski definition) is 3. The predicted molar refractivity (Wildman–Crippen MR) is 123 cm³/mol. The Balaban J connectivity index is 1.73. The molecule has 13 nitrogen and oxygen atoms in total. The lowest BCUT2D eigenvalue weighted by Crippen LogP contribution is -2.57. The SMILES string of the molecule is Cc1ccc(S(=O)(=O)OCCCOCC(CO)(CO)NC(=O)CCCn2ccnc2[N+](=O)[O-])cc1. The van der Waals surface area contributed by atoms with Crippen molar-refractivity contribution in [1.82, 2.24) is 14.9 Å². The normalized spacial score (nSPS) is 12.0. The van der Waals surface area contributed by atoms with Gasteiger partial charge in [0.1, 0.15) is 17.9 Å². The molecule has 194 valence electrons. The van der Waals surface area contributed by atoms with Crippen LogP contribution in [0.1, 0.15) is 24.8 Å². The molecule has 0 radical (unpaired) electrons. The third-order valence-corrected chi connectivity index (χ3v) is 6.36. The zero-order valence-electron chi connectivity index (χ0n) is 19.3. The first-order chi connectivity index (χ1) is 16.6. The van der Waals surface area contributed by atoms with E-state index in [1.807, 2.05) is 6.92 Å². The Morgan fingerprint density at radius 1 is 1.20 bits per heavy atom. The van der Waals surface area contributed by atoms with Gasteiger partial charge in [0.25, 0.3) is 10.1 Å². The molecule has 1 amide bonds. The summed E-state index contributed by atoms with van der Waals surface area (Å²) in [6, 6.07) is 6.24. The number of amides is 1. The Bertz CT molecular complexity index is 1070. The van der Waals surface area contributed by atoms with Crippen molar-refractivity contribution >= 4 is 22.0 Å². The molecule has 35 heavy (non-hydrogen) atoms. The van der Waals surface area contributed by atoms with E-state index in [-0.39, 0.29) is 56.5 Å². The molecule has 0 spiro atoms. The van der Waals surface area contributed by atoms with E-state index < -0.39 is 39.7 Å². The number of aliphatic hydroxyl groups excluding tert-OH is 2. The van der Waals surface area contributed by atoms with Gasteiger partial charge < -0.3 is 30.4 Å². The lowest BCUT2D eigenvalue weighted by Gasteiger charge is -2.30. The van der Waals surface area contributed by atoms with Crippen molar-refractivity contribution in [3.8, 4) is 0 Å². The standard InChI is InChI=1S/C21H30N4O9S/c1-17-5-7-18(8-6-17)35(31,32)34-13-3-12-33-16-21(14-26,15-27)23-19(28)4-2-10-24-11-9-22-20(24)25(29)30/h5-9,11,26-27H,2-4,10,12-16H2,1H3,(H,23,28). The summed E-state index contributed by atoms with van der Waals surface area (Å²) in [5.74, 6) is -0.804. The summed E-state index contributed by atoms with van der Waals surface area (Å²) >= 11 is 0. The molecule has 0 fully saturated rings. The topological polar surface area (TPSA) is 183 Å². The van der Waals surface area contributed by atoms with Crippen molar-refractivity contribution in [2.75, 3.05) is 33.0 Å². The van der Waals surface area contributed by atoms with E-state index >= 15 is 0 Å². The second-order valence-electron chi connectivity index (χ2n) is 7.92. The zero-order valence-corrected chi connectivity index (χ0v) is 20.1. The van der Waals surface area contributed by atoms with Gasteiger partial charge in [-0.2, -0.15) is 8.42 Å². The Hall–Kier alpha value is -2.91. The summed E-state index contributed by atoms with van der Waals surface area (Å²) < 4.78 is 36.0. The van der Waals surface area contributed by atoms with E-state index in [4.69, 9.17) is 8.92 Å². The molecule has 1 aromatic carbocycles. The van der Waals surface area contributed by atoms with E-state index in [1.165, 1.54) is 29.1 Å². The molecule has 0 aliphatic heterocycles. The molecule has 0 unspecified atom stereocenters. The predicted octanol–water partition coefficient (Wildman–Crippen LogP) is 0.532. The number of nitrogens with one attached hydrogen (secondary N) is 1. The van der Waals surface area contributed by atoms with E-state index in [0.29, 0.717) is 0 Å². The van der Waals surface area contributed by atoms with Gasteiger partial charge in [0.05, 0.1) is 37.9 Å². The van der Waals surface area contributed by atoms with E-state index in [9.17, 15) is 33.5 Å². The van der Waals surface area contributed by atoms with Gasteiger partial charge in [0.15, 0.2) is 0 Å². The number of rotatable bonds is 16. The van der Waals surface area contributed by atoms with Crippen LogP contribution < -0.4 is 5.32 Å². The number of aryl methyl sites for hydroxylation is 2. The largest absolute Gasteiger partial charge is 0.434 e. The van der Waals surface area contributed by atoms with Gasteiger partial charge in [-0.05, 0) is 36.8 Å². The summed E-state index contributed by atoms with van der Waals surface area (Å²) in [7, 11) is -3.89. The molecule has 0 aliphatic carbocycles. The van der Waals surface area contributed by atoms with Crippen molar-refractivity contribution < 1.29 is 37.3 Å². The number of aromatic nitrogens is 2. The van der Waals surface area contributed by atoms with Crippen LogP contribution in [0, 0.1) is 17.0 Å². The Morgan fingerprint density at radius 3 is 2.51 bits per heavy atom. The van der Waals surface area contributed by atoms with Gasteiger partial charge in [-0.1, -0.05) is 22.7 Å². The van der Waals surface area contributed by atoms with Crippen LogP contribution in [0.3, 0.4) is 0 Å². The number of imidazole rings is 1. The molecule has 3 N–H and O–H groups in total. The van der Waals surface area contributed by atoms with Crippen LogP contribution in [0.5, 0.6) is 0 Å². The number of carbonyl (C=O) groups excluding carboxylic acids is 1. The van der Waals surface area contributed by atoms with Crippen LogP contribution in [-0.2, 0) is 30.4 Å². The highest BCUT2D eigenvalue weighted by molar-refractivity contribution is 7.86. The molecule has 1 aromatic heterocycles. The van der Waals surface area contributed by atoms with Crippen LogP contribution in [0.2, 0.25) is 0 Å². The maximum Gasteiger partial charge on any atom is 0.434 e. The van der Waals surface area contributed by atoms with Crippen LogP contribution in [0.25, 0.3) is 0 Å². The van der Waals surface area contributed by atoms with Crippen molar-refractivity contribution in [3.05, 3.63) is 52.3 Å². The minimum absolute atomic E-state index is 0.0121. The molecule has 0 bridgehead atoms. The van der Waals surface area contributed by atoms with Crippen LogP contribution in [0.15, 0.2) is 41.6 Å². The highest BCUT2D eigenvalue weighted by atomic mass is 32.2. The van der Waals surface area contributed by atoms with Crippen LogP contribution in [0.4, 0.5) is 5.95 Å². The molecule has 0 aliphatic rings. The number of aliphatic hydroxyl groups is 2. The monoisotopic (exact) mass is 514 g/mol. The average molecular weight is 515 g/mol. The van der Waals surface area contributed by atoms with Crippen molar-refractivity contribution in [2.24, 2.45) is 0 Å². The third-order valence-electron chi connectivity index (χ3n) is 5.03. The van der Waals surface area contributed by atoms with Gasteiger partial charge in [0.2, 0.25) is 5.91 Å². The minimum atomic E-state index is -3.89.